The SMILES string of the molecule is C=CC(C)CCCC(C=C)[SiH2]O[SiH2]O[SiH2]C. The van der Waals surface area contributed by atoms with Crippen LogP contribution in [0.15, 0.2) is 25.3 Å². The highest BCUT2D eigenvalue weighted by Crippen LogP contribution is 2.17. The highest BCUT2D eigenvalue weighted by Gasteiger charge is 2.06. The van der Waals surface area contributed by atoms with Gasteiger partial charge in [0.2, 0.25) is 0 Å². The Morgan fingerprint density at radius 3 is 2.50 bits per heavy atom. The molecule has 0 aromatic heterocycles. The Balaban J connectivity index is 3.51. The zero-order chi connectivity index (χ0) is 12.2. The lowest BCUT2D eigenvalue weighted by atomic mass is 10.0. The summed E-state index contributed by atoms with van der Waals surface area (Å²) in [7, 11) is -1.30. The average molecular weight is 275 g/mol. The normalized spacial score (nSPS) is 16.6. The van der Waals surface area contributed by atoms with Crippen molar-refractivity contribution in [1.29, 1.82) is 0 Å². The van der Waals surface area contributed by atoms with Crippen molar-refractivity contribution < 1.29 is 8.23 Å². The van der Waals surface area contributed by atoms with Gasteiger partial charge in [-0.2, -0.15) is 0 Å². The van der Waals surface area contributed by atoms with Crippen LogP contribution in [0.4, 0.5) is 0 Å². The summed E-state index contributed by atoms with van der Waals surface area (Å²) in [5.41, 5.74) is 0.631. The molecule has 0 aliphatic carbocycles. The third kappa shape index (κ3) is 9.29. The van der Waals surface area contributed by atoms with Crippen LogP contribution in [0.3, 0.4) is 0 Å². The van der Waals surface area contributed by atoms with Gasteiger partial charge in [0.15, 0.2) is 9.76 Å². The molecular weight excluding hydrogens is 248 g/mol. The van der Waals surface area contributed by atoms with Crippen LogP contribution in [-0.4, -0.2) is 29.5 Å². The summed E-state index contributed by atoms with van der Waals surface area (Å²) in [6.07, 6.45) is 7.82. The summed E-state index contributed by atoms with van der Waals surface area (Å²) < 4.78 is 11.1. The molecule has 0 amide bonds. The molecule has 0 spiro atoms. The molecule has 0 rings (SSSR count). The van der Waals surface area contributed by atoms with Crippen LogP contribution in [0.1, 0.15) is 26.2 Å². The van der Waals surface area contributed by atoms with E-state index in [0.717, 1.165) is 0 Å². The lowest BCUT2D eigenvalue weighted by Crippen LogP contribution is -2.13. The standard InChI is InChI=1S/C11H26O2Si3/c1-5-10(3)8-7-9-11(6-2)15-13-16-12-14-4/h5-6,10-11H,1-2,7-9,14-16H2,3-4H3. The van der Waals surface area contributed by atoms with E-state index in [0.29, 0.717) is 11.5 Å². The van der Waals surface area contributed by atoms with E-state index in [1.54, 1.807) is 0 Å². The van der Waals surface area contributed by atoms with Gasteiger partial charge in [0, 0.05) is 0 Å². The third-order valence-corrected chi connectivity index (χ3v) is 7.75. The predicted octanol–water partition coefficient (Wildman–Crippen LogP) is 1.20. The molecule has 0 bridgehead atoms. The molecule has 0 aliphatic heterocycles. The fourth-order valence-corrected chi connectivity index (χ4v) is 5.82. The van der Waals surface area contributed by atoms with Crippen LogP contribution in [0, 0.1) is 5.92 Å². The maximum atomic E-state index is 5.71. The number of hydrogen-bond acceptors (Lipinski definition) is 2. The monoisotopic (exact) mass is 274 g/mol. The molecule has 94 valence electrons. The summed E-state index contributed by atoms with van der Waals surface area (Å²) in [6, 6.07) is 0. The van der Waals surface area contributed by atoms with Gasteiger partial charge >= 0.3 is 0 Å². The Morgan fingerprint density at radius 2 is 1.94 bits per heavy atom. The molecule has 0 saturated heterocycles. The highest BCUT2D eigenvalue weighted by atomic mass is 28.4. The van der Waals surface area contributed by atoms with Crippen molar-refractivity contribution in [2.75, 3.05) is 0 Å². The molecule has 0 fully saturated rings. The van der Waals surface area contributed by atoms with Gasteiger partial charge in [-0.15, -0.1) is 13.2 Å². The zero-order valence-electron chi connectivity index (χ0n) is 10.8. The van der Waals surface area contributed by atoms with Crippen LogP contribution in [0.2, 0.25) is 12.1 Å². The van der Waals surface area contributed by atoms with Crippen molar-refractivity contribution in [2.45, 2.75) is 38.3 Å². The summed E-state index contributed by atoms with van der Waals surface area (Å²) in [4.78, 5) is 0. The second-order valence-electron chi connectivity index (χ2n) is 4.12. The largest absolute Gasteiger partial charge is 0.447 e. The summed E-state index contributed by atoms with van der Waals surface area (Å²) >= 11 is 0. The molecule has 0 radical (unpaired) electrons. The first-order valence-electron chi connectivity index (χ1n) is 6.15. The summed E-state index contributed by atoms with van der Waals surface area (Å²) in [5, 5.41) is 0. The van der Waals surface area contributed by atoms with E-state index in [1.807, 2.05) is 6.08 Å². The zero-order valence-corrected chi connectivity index (χ0v) is 15.0. The smallest absolute Gasteiger partial charge is 0.283 e. The molecule has 2 unspecified atom stereocenters. The fraction of sp³-hybridized carbons (Fsp3) is 0.636. The van der Waals surface area contributed by atoms with Crippen molar-refractivity contribution >= 4 is 29.5 Å². The maximum absolute atomic E-state index is 5.71. The number of hydrogen-bond donors (Lipinski definition) is 0. The van der Waals surface area contributed by atoms with E-state index in [-0.39, 0.29) is 9.76 Å². The first-order chi connectivity index (χ1) is 7.74. The quantitative estimate of drug-likeness (QED) is 0.320. The van der Waals surface area contributed by atoms with E-state index in [9.17, 15) is 0 Å². The van der Waals surface area contributed by atoms with Gasteiger partial charge in [0.1, 0.15) is 9.76 Å². The third-order valence-electron chi connectivity index (χ3n) is 2.67. The molecule has 16 heavy (non-hydrogen) atoms. The molecule has 2 atom stereocenters. The van der Waals surface area contributed by atoms with Crippen LogP contribution in [0.25, 0.3) is 0 Å². The van der Waals surface area contributed by atoms with E-state index < -0.39 is 19.8 Å². The highest BCUT2D eigenvalue weighted by molar-refractivity contribution is 6.45. The Bertz CT molecular complexity index is 188. The fourth-order valence-electron chi connectivity index (χ4n) is 1.43. The first-order valence-corrected chi connectivity index (χ1v) is 10.7. The van der Waals surface area contributed by atoms with Crippen LogP contribution in [0.5, 0.6) is 0 Å². The minimum Gasteiger partial charge on any atom is -0.447 e. The van der Waals surface area contributed by atoms with E-state index in [4.69, 9.17) is 8.23 Å². The van der Waals surface area contributed by atoms with Crippen molar-refractivity contribution in [3.8, 4) is 0 Å². The van der Waals surface area contributed by atoms with Crippen LogP contribution < -0.4 is 0 Å². The lowest BCUT2D eigenvalue weighted by molar-refractivity contribution is 0.484. The molecule has 2 nitrogen and oxygen atoms in total. The molecule has 0 N–H and O–H groups in total. The molecule has 0 aliphatic rings. The Kier molecular flexibility index (Phi) is 11.6. The van der Waals surface area contributed by atoms with Gasteiger partial charge in [0.25, 0.3) is 10.0 Å². The summed E-state index contributed by atoms with van der Waals surface area (Å²) in [5.74, 6) is 0.636. The lowest BCUT2D eigenvalue weighted by Gasteiger charge is -2.13. The van der Waals surface area contributed by atoms with Gasteiger partial charge in [-0.05, 0) is 24.3 Å². The molecule has 0 aromatic carbocycles. The number of rotatable bonds is 11. The van der Waals surface area contributed by atoms with Gasteiger partial charge in [-0.25, -0.2) is 0 Å². The van der Waals surface area contributed by atoms with E-state index >= 15 is 0 Å². The molecule has 0 heterocycles. The Labute approximate surface area is 107 Å². The molecule has 5 heteroatoms. The van der Waals surface area contributed by atoms with E-state index in [1.165, 1.54) is 19.3 Å². The second kappa shape index (κ2) is 11.5. The minimum atomic E-state index is -0.625. The second-order valence-corrected chi connectivity index (χ2v) is 9.58. The van der Waals surface area contributed by atoms with Gasteiger partial charge in [-0.1, -0.05) is 32.0 Å². The topological polar surface area (TPSA) is 18.5 Å². The molecular formula is C11H26O2Si3. The predicted molar refractivity (Wildman–Crippen MR) is 80.8 cm³/mol. The molecule has 0 aromatic rings. The van der Waals surface area contributed by atoms with Crippen molar-refractivity contribution in [3.63, 3.8) is 0 Å². The summed E-state index contributed by atoms with van der Waals surface area (Å²) in [6.45, 7) is 12.1. The van der Waals surface area contributed by atoms with Crippen molar-refractivity contribution in [2.24, 2.45) is 5.92 Å². The Hall–Kier alpha value is 0.0506. The van der Waals surface area contributed by atoms with Crippen LogP contribution >= 0.6 is 0 Å². The van der Waals surface area contributed by atoms with Crippen LogP contribution in [-0.2, 0) is 8.23 Å². The molecule has 0 saturated carbocycles. The van der Waals surface area contributed by atoms with E-state index in [2.05, 4.69) is 32.7 Å². The minimum absolute atomic E-state index is 0.245. The average Bonchev–Trinajstić information content (AvgIpc) is 2.31. The van der Waals surface area contributed by atoms with Gasteiger partial charge in [-0.3, -0.25) is 0 Å². The van der Waals surface area contributed by atoms with Gasteiger partial charge in [0.05, 0.1) is 0 Å². The van der Waals surface area contributed by atoms with Crippen molar-refractivity contribution in [1.82, 2.24) is 0 Å². The van der Waals surface area contributed by atoms with Gasteiger partial charge < -0.3 is 8.23 Å². The van der Waals surface area contributed by atoms with Crippen molar-refractivity contribution in [3.05, 3.63) is 25.3 Å². The Morgan fingerprint density at radius 1 is 1.19 bits per heavy atom. The number of allylic oxidation sites excluding steroid dienone is 2. The maximum Gasteiger partial charge on any atom is 0.283 e. The first kappa shape index (κ1) is 16.1.